The van der Waals surface area contributed by atoms with Gasteiger partial charge in [0.25, 0.3) is 17.0 Å². The van der Waals surface area contributed by atoms with Crippen molar-refractivity contribution >= 4 is 72.2 Å². The predicted octanol–water partition coefficient (Wildman–Crippen LogP) is 3.56. The molecule has 8 rings (SSSR count). The van der Waals surface area contributed by atoms with Crippen molar-refractivity contribution in [3.8, 4) is 0 Å². The molecule has 0 unspecified atom stereocenters. The normalized spacial score (nSPS) is 14.3. The van der Waals surface area contributed by atoms with E-state index in [1.807, 2.05) is 90.1 Å². The first-order chi connectivity index (χ1) is 38.6. The molecule has 2 aliphatic rings. The molecule has 2 fully saturated rings. The molecule has 428 valence electrons. The minimum absolute atomic E-state index is 0.0275. The number of carbonyl (C=O) groups excluding carboxylic acids is 9. The molecule has 2 aliphatic heterocycles. The highest BCUT2D eigenvalue weighted by molar-refractivity contribution is 6.12. The van der Waals surface area contributed by atoms with Crippen LogP contribution in [0.1, 0.15) is 117 Å². The lowest BCUT2D eigenvalue weighted by Crippen LogP contribution is -2.56. The monoisotopic (exact) mass is 1120 g/mol. The molecule has 7 amide bonds. The molecule has 23 nitrogen and oxygen atoms in total. The number of nitrogens with one attached hydrogen (secondary N) is 6. The maximum Gasteiger partial charge on any atom is 0.277 e. The van der Waals surface area contributed by atoms with E-state index < -0.39 is 46.9 Å². The van der Waals surface area contributed by atoms with Crippen LogP contribution in [0.3, 0.4) is 0 Å². The SMILES string of the molecule is C=CC(C)(C)c1[nH]cnc1/C=C1\NC(=O)CN(C(C)=O)C1=O.C=CC(C)(C)c1[nH]cnc1/C=c1\[nH]c(=O)/c(=C/c2ccccc2)[nH]c1=O.C=CC(C)(C)c1[nH]cnc1C=O.CC(=O)N1CC(=O)N(C(C)=O)CC1=O.O=Cc1ccccc1. The average Bonchev–Trinajstić information content (AvgIpc) is 4.28. The van der Waals surface area contributed by atoms with Crippen molar-refractivity contribution in [2.24, 2.45) is 0 Å². The largest absolute Gasteiger partial charge is 0.347 e. The molecule has 0 radical (unpaired) electrons. The number of benzene rings is 2. The van der Waals surface area contributed by atoms with Crippen molar-refractivity contribution in [3.05, 3.63) is 200 Å². The Hall–Kier alpha value is -10.3. The number of hydrogen-bond acceptors (Lipinski definition) is 14. The number of allylic oxidation sites excluding steroid dienone is 3. The lowest BCUT2D eigenvalue weighted by atomic mass is 9.88. The predicted molar refractivity (Wildman–Crippen MR) is 306 cm³/mol. The molecule has 23 heteroatoms. The van der Waals surface area contributed by atoms with E-state index in [0.29, 0.717) is 17.1 Å². The van der Waals surface area contributed by atoms with Crippen LogP contribution >= 0.6 is 0 Å². The third kappa shape index (κ3) is 17.1. The van der Waals surface area contributed by atoms with Crippen molar-refractivity contribution in [1.29, 1.82) is 0 Å². The number of H-pyrrole nitrogens is 5. The van der Waals surface area contributed by atoms with Crippen LogP contribution in [0, 0.1) is 0 Å². The molecule has 0 aliphatic carbocycles. The van der Waals surface area contributed by atoms with Crippen molar-refractivity contribution in [2.75, 3.05) is 19.6 Å². The Bertz CT molecular complexity index is 3620. The second-order valence-electron chi connectivity index (χ2n) is 19.9. The second kappa shape index (κ2) is 28.5. The fraction of sp³-hybridized carbons (Fsp3) is 0.254. The Labute approximate surface area is 471 Å². The zero-order valence-electron chi connectivity index (χ0n) is 47.0. The van der Waals surface area contributed by atoms with Crippen LogP contribution in [0.2, 0.25) is 0 Å². The molecule has 0 bridgehead atoms. The molecule has 6 N–H and O–H groups in total. The van der Waals surface area contributed by atoms with Crippen LogP contribution in [-0.2, 0) is 49.8 Å². The first kappa shape index (κ1) is 64.2. The zero-order chi connectivity index (χ0) is 61.1. The van der Waals surface area contributed by atoms with E-state index in [1.165, 1.54) is 39.5 Å². The van der Waals surface area contributed by atoms with E-state index in [-0.39, 0.29) is 57.8 Å². The second-order valence-corrected chi connectivity index (χ2v) is 19.9. The number of carbonyl (C=O) groups is 9. The van der Waals surface area contributed by atoms with Crippen molar-refractivity contribution in [2.45, 2.75) is 78.6 Å². The van der Waals surface area contributed by atoms with Gasteiger partial charge in [-0.25, -0.2) is 15.0 Å². The summed E-state index contributed by atoms with van der Waals surface area (Å²) in [6.45, 7) is 25.8. The topological polar surface area (TPSA) is 327 Å². The highest BCUT2D eigenvalue weighted by atomic mass is 16.2. The molecule has 6 heterocycles. The number of imidazole rings is 3. The van der Waals surface area contributed by atoms with Gasteiger partial charge in [-0.3, -0.25) is 67.4 Å². The molecule has 4 aromatic heterocycles. The molecule has 6 aromatic rings. The van der Waals surface area contributed by atoms with Gasteiger partial charge in [0, 0.05) is 42.6 Å². The number of aromatic amines is 5. The summed E-state index contributed by atoms with van der Waals surface area (Å²) < 4.78 is 0. The van der Waals surface area contributed by atoms with Crippen molar-refractivity contribution < 1.29 is 43.2 Å². The van der Waals surface area contributed by atoms with E-state index in [9.17, 15) is 52.7 Å². The molecule has 0 atom stereocenters. The molecule has 0 spiro atoms. The summed E-state index contributed by atoms with van der Waals surface area (Å²) in [6.07, 6.45) is 16.1. The van der Waals surface area contributed by atoms with Crippen LogP contribution in [0.4, 0.5) is 0 Å². The third-order valence-electron chi connectivity index (χ3n) is 12.6. The highest BCUT2D eigenvalue weighted by Crippen LogP contribution is 2.27. The number of nitrogens with zero attached hydrogens (tertiary/aromatic N) is 6. The summed E-state index contributed by atoms with van der Waals surface area (Å²) in [5.41, 5.74) is 3.79. The Balaban J connectivity index is 0.000000233. The molecule has 2 saturated heterocycles. The average molecular weight is 1120 g/mol. The van der Waals surface area contributed by atoms with Crippen LogP contribution in [-0.4, -0.2) is 128 Å². The molecule has 82 heavy (non-hydrogen) atoms. The van der Waals surface area contributed by atoms with Crippen LogP contribution < -0.4 is 27.1 Å². The maximum absolute atomic E-state index is 12.4. The van der Waals surface area contributed by atoms with Gasteiger partial charge in [0.15, 0.2) is 6.29 Å². The molecular formula is C59H66N12O11. The summed E-state index contributed by atoms with van der Waals surface area (Å²) in [4.78, 5) is 154. The summed E-state index contributed by atoms with van der Waals surface area (Å²) >= 11 is 0. The van der Waals surface area contributed by atoms with Gasteiger partial charge in [0.2, 0.25) is 35.4 Å². The smallest absolute Gasteiger partial charge is 0.277 e. The lowest BCUT2D eigenvalue weighted by molar-refractivity contribution is -0.161. The summed E-state index contributed by atoms with van der Waals surface area (Å²) in [5, 5.41) is 2.83. The van der Waals surface area contributed by atoms with E-state index in [2.05, 4.69) is 64.9 Å². The van der Waals surface area contributed by atoms with Gasteiger partial charge in [-0.15, -0.1) is 19.7 Å². The lowest BCUT2D eigenvalue weighted by Gasteiger charge is -2.29. The quantitative estimate of drug-likeness (QED) is 0.0614. The number of piperazine rings is 2. The molecular weight excluding hydrogens is 1050 g/mol. The summed E-state index contributed by atoms with van der Waals surface area (Å²) in [5.74, 6) is -3.43. The van der Waals surface area contributed by atoms with Gasteiger partial charge in [-0.05, 0) is 23.8 Å². The van der Waals surface area contributed by atoms with Gasteiger partial charge >= 0.3 is 0 Å². The van der Waals surface area contributed by atoms with Crippen LogP contribution in [0.5, 0.6) is 0 Å². The van der Waals surface area contributed by atoms with Gasteiger partial charge in [0.05, 0.1) is 47.5 Å². The van der Waals surface area contributed by atoms with E-state index in [4.69, 9.17) is 0 Å². The van der Waals surface area contributed by atoms with Crippen LogP contribution in [0.15, 0.2) is 133 Å². The Kier molecular flexibility index (Phi) is 22.3. The molecule has 0 saturated carbocycles. The maximum atomic E-state index is 12.4. The van der Waals surface area contributed by atoms with E-state index in [1.54, 1.807) is 48.8 Å². The Morgan fingerprint density at radius 3 is 1.26 bits per heavy atom. The first-order valence-corrected chi connectivity index (χ1v) is 25.2. The zero-order valence-corrected chi connectivity index (χ0v) is 47.0. The van der Waals surface area contributed by atoms with Crippen LogP contribution in [0.25, 0.3) is 18.2 Å². The third-order valence-corrected chi connectivity index (χ3v) is 12.6. The number of imide groups is 3. The number of hydrogen-bond donors (Lipinski definition) is 6. The fourth-order valence-electron chi connectivity index (χ4n) is 7.44. The number of amides is 7. The fourth-order valence-corrected chi connectivity index (χ4v) is 7.44. The van der Waals surface area contributed by atoms with Crippen molar-refractivity contribution in [1.82, 2.24) is 59.9 Å². The number of aromatic nitrogens is 8. The number of rotatable bonds is 11. The van der Waals surface area contributed by atoms with Gasteiger partial charge in [-0.1, -0.05) is 120 Å². The summed E-state index contributed by atoms with van der Waals surface area (Å²) in [6, 6.07) is 18.4. The highest BCUT2D eigenvalue weighted by Gasteiger charge is 2.34. The Morgan fingerprint density at radius 1 is 0.500 bits per heavy atom. The first-order valence-electron chi connectivity index (χ1n) is 25.2. The van der Waals surface area contributed by atoms with E-state index in [0.717, 1.165) is 55.5 Å². The minimum atomic E-state index is -0.544. The van der Waals surface area contributed by atoms with Gasteiger partial charge in [0.1, 0.15) is 48.0 Å². The Morgan fingerprint density at radius 2 is 0.878 bits per heavy atom. The van der Waals surface area contributed by atoms with Crippen molar-refractivity contribution in [3.63, 3.8) is 0 Å². The number of aldehydes is 2. The van der Waals surface area contributed by atoms with Gasteiger partial charge < -0.3 is 30.2 Å². The minimum Gasteiger partial charge on any atom is -0.347 e. The summed E-state index contributed by atoms with van der Waals surface area (Å²) in [7, 11) is 0. The van der Waals surface area contributed by atoms with E-state index >= 15 is 0 Å². The molecule has 2 aromatic carbocycles. The standard InChI is InChI=1S/C20H20N4O2.C15H18N4O3.C9H12N2O.C8H10N2O4.C7H6O/c1-4-20(2,3)17-14(21-12-22-17)11-16-19(26)23-15(18(25)24-16)10-13-8-6-5-7-9-13;1-5-15(3,4)13-10(16-8-17-13)6-11-14(22)19(9(2)20)7-12(21)18-11;1-4-9(2,3)8-7(5-12)10-6-11-8;1-5(11)9-3-8(14)10(6(2)12)4-7(9)13;8-6-7-4-2-1-3-5-7/h4-12H,1H2,2-3H3,(H,21,22)(H,23,26)(H,24,25);5-6,8H,1,7H2,2-4H3,(H,16,17)(H,18,21);4-6H,1H2,2-3H3,(H,10,11);3-4H2,1-2H3;1-6H/b15-10-,16-11-;11-6-;;;. The van der Waals surface area contributed by atoms with Gasteiger partial charge in [-0.2, -0.15) is 0 Å².